The molecule has 2 aliphatic rings. The molecule has 0 aliphatic heterocycles. The van der Waals surface area contributed by atoms with Crippen LogP contribution in [0.2, 0.25) is 0 Å². The van der Waals surface area contributed by atoms with Crippen LogP contribution < -0.4 is 0 Å². The molecule has 25 heavy (non-hydrogen) atoms. The molecule has 5 nitrogen and oxygen atoms in total. The zero-order chi connectivity index (χ0) is 18.2. The molecule has 0 bridgehead atoms. The van der Waals surface area contributed by atoms with Gasteiger partial charge in [-0.25, -0.2) is 4.79 Å². The van der Waals surface area contributed by atoms with Gasteiger partial charge in [-0.05, 0) is 68.6 Å². The molecule has 2 saturated carbocycles. The van der Waals surface area contributed by atoms with Gasteiger partial charge in [0.2, 0.25) is 0 Å². The maximum absolute atomic E-state index is 10.5. The Morgan fingerprint density at radius 3 is 2.68 bits per heavy atom. The van der Waals surface area contributed by atoms with Crippen LogP contribution in [0.1, 0.15) is 71.1 Å². The van der Waals surface area contributed by atoms with E-state index < -0.39 is 5.97 Å². The lowest BCUT2D eigenvalue weighted by molar-refractivity contribution is -0.142. The van der Waals surface area contributed by atoms with Crippen LogP contribution in [-0.2, 0) is 9.53 Å². The molecule has 146 valence electrons. The Bertz CT molecular complexity index is 400. The van der Waals surface area contributed by atoms with Crippen molar-refractivity contribution in [1.82, 2.24) is 0 Å². The minimum atomic E-state index is -0.913. The third-order valence-electron chi connectivity index (χ3n) is 6.31. The van der Waals surface area contributed by atoms with Crippen LogP contribution in [0.5, 0.6) is 0 Å². The highest BCUT2D eigenvalue weighted by atomic mass is 16.5. The number of aliphatic carboxylic acids is 1. The summed E-state index contributed by atoms with van der Waals surface area (Å²) in [5.74, 6) is 1.18. The van der Waals surface area contributed by atoms with Crippen molar-refractivity contribution in [3.63, 3.8) is 0 Å². The van der Waals surface area contributed by atoms with Crippen LogP contribution in [0, 0.1) is 23.7 Å². The summed E-state index contributed by atoms with van der Waals surface area (Å²) in [7, 11) is 0. The molecule has 2 fully saturated rings. The summed E-state index contributed by atoms with van der Waals surface area (Å²) in [5.41, 5.74) is 0. The number of carbonyl (C=O) groups is 1. The first-order valence-corrected chi connectivity index (χ1v) is 10.2. The van der Waals surface area contributed by atoms with E-state index in [1.54, 1.807) is 0 Å². The van der Waals surface area contributed by atoms with Crippen LogP contribution >= 0.6 is 0 Å². The van der Waals surface area contributed by atoms with Crippen LogP contribution in [0.4, 0.5) is 0 Å². The second-order valence-electron chi connectivity index (χ2n) is 8.19. The number of carboxylic acid groups (broad SMARTS) is 1. The zero-order valence-electron chi connectivity index (χ0n) is 15.6. The average molecular weight is 357 g/mol. The number of aliphatic hydroxyl groups excluding tert-OH is 2. The Labute approximate surface area is 151 Å². The van der Waals surface area contributed by atoms with Crippen LogP contribution in [0.3, 0.4) is 0 Å². The molecule has 0 amide bonds. The van der Waals surface area contributed by atoms with Crippen molar-refractivity contribution >= 4 is 5.97 Å². The monoisotopic (exact) mass is 356 g/mol. The Morgan fingerprint density at radius 2 is 1.96 bits per heavy atom. The first-order valence-electron chi connectivity index (χ1n) is 10.2. The highest BCUT2D eigenvalue weighted by Gasteiger charge is 2.47. The summed E-state index contributed by atoms with van der Waals surface area (Å²) >= 11 is 0. The lowest BCUT2D eigenvalue weighted by Crippen LogP contribution is -2.22. The topological polar surface area (TPSA) is 87.0 Å². The quantitative estimate of drug-likeness (QED) is 0.467. The lowest BCUT2D eigenvalue weighted by Gasteiger charge is -2.23. The van der Waals surface area contributed by atoms with E-state index >= 15 is 0 Å². The summed E-state index contributed by atoms with van der Waals surface area (Å²) in [4.78, 5) is 10.5. The molecule has 0 heterocycles. The number of hydrogen-bond donors (Lipinski definition) is 3. The van der Waals surface area contributed by atoms with Gasteiger partial charge in [0.25, 0.3) is 0 Å². The van der Waals surface area contributed by atoms with Gasteiger partial charge in [0, 0.05) is 6.61 Å². The molecule has 2 rings (SSSR count). The Morgan fingerprint density at radius 1 is 1.16 bits per heavy atom. The van der Waals surface area contributed by atoms with Crippen molar-refractivity contribution in [2.75, 3.05) is 13.2 Å². The number of hydrogen-bond acceptors (Lipinski definition) is 4. The molecule has 3 N–H and O–H groups in total. The van der Waals surface area contributed by atoms with Crippen molar-refractivity contribution in [1.29, 1.82) is 0 Å². The standard InChI is InChI=1S/C20H36O5/c1-2-3-4-5-16(21)6-7-17-18-11-14(8-9-25-13-20(23)24)10-15(18)12-19(17)22/h14-19,21-22H,2-13H2,1H3,(H,23,24)/t14?,15-,16?,17+,18-,19+/m1/s1. The summed E-state index contributed by atoms with van der Waals surface area (Å²) < 4.78 is 5.17. The van der Waals surface area contributed by atoms with E-state index in [2.05, 4.69) is 6.92 Å². The number of unbranched alkanes of at least 4 members (excludes halogenated alkanes) is 2. The van der Waals surface area contributed by atoms with E-state index in [4.69, 9.17) is 9.84 Å². The third kappa shape index (κ3) is 6.54. The SMILES string of the molecule is CCCCCC(O)CC[C@H]1[C@@H]2CC(CCOCC(=O)O)C[C@@H]2C[C@@H]1O. The van der Waals surface area contributed by atoms with Crippen molar-refractivity contribution in [3.05, 3.63) is 0 Å². The van der Waals surface area contributed by atoms with Gasteiger partial charge in [-0.2, -0.15) is 0 Å². The molecule has 0 aromatic carbocycles. The number of aliphatic hydroxyl groups is 2. The van der Waals surface area contributed by atoms with E-state index in [0.717, 1.165) is 51.4 Å². The van der Waals surface area contributed by atoms with Gasteiger partial charge in [-0.1, -0.05) is 26.2 Å². The number of ether oxygens (including phenoxy) is 1. The fraction of sp³-hybridized carbons (Fsp3) is 0.950. The van der Waals surface area contributed by atoms with E-state index in [0.29, 0.717) is 30.3 Å². The number of rotatable bonds is 12. The predicted molar refractivity (Wildman–Crippen MR) is 96.3 cm³/mol. The second-order valence-corrected chi connectivity index (χ2v) is 8.19. The summed E-state index contributed by atoms with van der Waals surface area (Å²) in [5, 5.41) is 29.2. The van der Waals surface area contributed by atoms with Crippen LogP contribution in [-0.4, -0.2) is 46.7 Å². The van der Waals surface area contributed by atoms with Crippen LogP contribution in [0.15, 0.2) is 0 Å². The summed E-state index contributed by atoms with van der Waals surface area (Å²) in [6.45, 7) is 2.47. The normalized spacial score (nSPS) is 32.7. The molecular weight excluding hydrogens is 320 g/mol. The first kappa shape index (κ1) is 20.7. The van der Waals surface area contributed by atoms with Gasteiger partial charge in [0.1, 0.15) is 6.61 Å². The minimum absolute atomic E-state index is 0.206. The molecule has 5 heteroatoms. The molecule has 0 aromatic heterocycles. The third-order valence-corrected chi connectivity index (χ3v) is 6.31. The van der Waals surface area contributed by atoms with E-state index in [9.17, 15) is 15.0 Å². The van der Waals surface area contributed by atoms with Gasteiger partial charge < -0.3 is 20.1 Å². The van der Waals surface area contributed by atoms with Crippen molar-refractivity contribution in [2.24, 2.45) is 23.7 Å². The Hall–Kier alpha value is -0.650. The maximum Gasteiger partial charge on any atom is 0.329 e. The highest BCUT2D eigenvalue weighted by molar-refractivity contribution is 5.67. The molecule has 2 aliphatic carbocycles. The molecule has 2 unspecified atom stereocenters. The number of carboxylic acids is 1. The van der Waals surface area contributed by atoms with Crippen LogP contribution in [0.25, 0.3) is 0 Å². The van der Waals surface area contributed by atoms with Gasteiger partial charge in [-0.15, -0.1) is 0 Å². The first-order chi connectivity index (χ1) is 12.0. The van der Waals surface area contributed by atoms with Gasteiger partial charge in [0.05, 0.1) is 12.2 Å². The van der Waals surface area contributed by atoms with Gasteiger partial charge >= 0.3 is 5.97 Å². The molecular formula is C20H36O5. The smallest absolute Gasteiger partial charge is 0.329 e. The molecule has 0 aromatic rings. The van der Waals surface area contributed by atoms with E-state index in [-0.39, 0.29) is 18.8 Å². The number of fused-ring (bicyclic) bond motifs is 1. The van der Waals surface area contributed by atoms with Gasteiger partial charge in [0.15, 0.2) is 0 Å². The van der Waals surface area contributed by atoms with Crippen molar-refractivity contribution in [2.45, 2.75) is 83.3 Å². The minimum Gasteiger partial charge on any atom is -0.480 e. The van der Waals surface area contributed by atoms with E-state index in [1.165, 1.54) is 12.8 Å². The zero-order valence-corrected chi connectivity index (χ0v) is 15.6. The Balaban J connectivity index is 1.69. The van der Waals surface area contributed by atoms with Crippen molar-refractivity contribution in [3.8, 4) is 0 Å². The van der Waals surface area contributed by atoms with Crippen molar-refractivity contribution < 1.29 is 24.9 Å². The Kier molecular flexibility index (Phi) is 8.67. The lowest BCUT2D eigenvalue weighted by atomic mass is 9.85. The molecule has 0 saturated heterocycles. The highest BCUT2D eigenvalue weighted by Crippen LogP contribution is 2.52. The molecule has 0 spiro atoms. The summed E-state index contributed by atoms with van der Waals surface area (Å²) in [6, 6.07) is 0. The fourth-order valence-corrected chi connectivity index (χ4v) is 5.05. The molecule has 0 radical (unpaired) electrons. The summed E-state index contributed by atoms with van der Waals surface area (Å²) in [6.07, 6.45) is 9.71. The average Bonchev–Trinajstić information content (AvgIpc) is 3.06. The maximum atomic E-state index is 10.5. The van der Waals surface area contributed by atoms with Gasteiger partial charge in [-0.3, -0.25) is 0 Å². The fourth-order valence-electron chi connectivity index (χ4n) is 5.05. The molecule has 6 atom stereocenters. The predicted octanol–water partition coefficient (Wildman–Crippen LogP) is 3.22. The van der Waals surface area contributed by atoms with E-state index in [1.807, 2.05) is 0 Å². The largest absolute Gasteiger partial charge is 0.480 e. The second kappa shape index (κ2) is 10.5.